The highest BCUT2D eigenvalue weighted by molar-refractivity contribution is 4.97. The molecule has 0 aromatic carbocycles. The van der Waals surface area contributed by atoms with Gasteiger partial charge in [-0.05, 0) is 52.0 Å². The molecule has 1 saturated carbocycles. The van der Waals surface area contributed by atoms with Crippen molar-refractivity contribution in [3.63, 3.8) is 0 Å². The van der Waals surface area contributed by atoms with Crippen molar-refractivity contribution < 1.29 is 4.74 Å². The molecule has 0 aromatic heterocycles. The van der Waals surface area contributed by atoms with Gasteiger partial charge in [0.05, 0.1) is 6.10 Å². The number of fused-ring (bicyclic) bond motifs is 2. The second kappa shape index (κ2) is 4.87. The van der Waals surface area contributed by atoms with E-state index in [9.17, 15) is 0 Å². The smallest absolute Gasteiger partial charge is 0.0586 e. The Balaban J connectivity index is 1.50. The minimum atomic E-state index is 0.510. The first kappa shape index (κ1) is 11.9. The molecule has 0 radical (unpaired) electrons. The van der Waals surface area contributed by atoms with Crippen molar-refractivity contribution >= 4 is 0 Å². The fourth-order valence-electron chi connectivity index (χ4n) is 4.19. The van der Waals surface area contributed by atoms with Crippen LogP contribution in [-0.2, 0) is 4.74 Å². The summed E-state index contributed by atoms with van der Waals surface area (Å²) in [5, 5.41) is 3.90. The molecule has 17 heavy (non-hydrogen) atoms. The van der Waals surface area contributed by atoms with E-state index in [0.29, 0.717) is 12.1 Å². The van der Waals surface area contributed by atoms with Gasteiger partial charge >= 0.3 is 0 Å². The second-order valence-corrected chi connectivity index (χ2v) is 6.25. The number of nitrogens with zero attached hydrogens (tertiary/aromatic N) is 1. The molecule has 4 atom stereocenters. The molecule has 4 unspecified atom stereocenters. The van der Waals surface area contributed by atoms with Crippen LogP contribution >= 0.6 is 0 Å². The highest BCUT2D eigenvalue weighted by Crippen LogP contribution is 2.35. The van der Waals surface area contributed by atoms with Crippen LogP contribution in [0, 0.1) is 0 Å². The average molecular weight is 238 g/mol. The van der Waals surface area contributed by atoms with E-state index in [0.717, 1.165) is 18.1 Å². The Kier molecular flexibility index (Phi) is 3.42. The summed E-state index contributed by atoms with van der Waals surface area (Å²) >= 11 is 0. The summed E-state index contributed by atoms with van der Waals surface area (Å²) in [6, 6.07) is 3.19. The number of hydrogen-bond donors (Lipinski definition) is 1. The molecule has 0 amide bonds. The zero-order valence-electron chi connectivity index (χ0n) is 11.2. The Morgan fingerprint density at radius 2 is 1.65 bits per heavy atom. The van der Waals surface area contributed by atoms with E-state index in [1.54, 1.807) is 0 Å². The molecule has 3 rings (SSSR count). The molecule has 1 aliphatic carbocycles. The molecule has 3 aliphatic rings. The molecule has 1 N–H and O–H groups in total. The van der Waals surface area contributed by atoms with Crippen molar-refractivity contribution in [1.29, 1.82) is 0 Å². The third-order valence-corrected chi connectivity index (χ3v) is 5.29. The normalized spacial score (nSPS) is 46.6. The van der Waals surface area contributed by atoms with Gasteiger partial charge in [0.25, 0.3) is 0 Å². The van der Waals surface area contributed by atoms with E-state index < -0.39 is 0 Å². The SMILES string of the molecule is COC1CCC(NC2CC3CCC(C2)N3C)C1. The van der Waals surface area contributed by atoms with Gasteiger partial charge < -0.3 is 15.0 Å². The Bertz CT molecular complexity index is 257. The quantitative estimate of drug-likeness (QED) is 0.811. The maximum absolute atomic E-state index is 5.45. The Hall–Kier alpha value is -0.120. The molecule has 0 spiro atoms. The summed E-state index contributed by atoms with van der Waals surface area (Å²) in [5.74, 6) is 0. The highest BCUT2D eigenvalue weighted by atomic mass is 16.5. The van der Waals surface area contributed by atoms with Crippen LogP contribution in [0.4, 0.5) is 0 Å². The predicted octanol–water partition coefficient (Wildman–Crippen LogP) is 1.77. The minimum Gasteiger partial charge on any atom is -0.381 e. The Morgan fingerprint density at radius 3 is 2.24 bits per heavy atom. The molecule has 2 heterocycles. The van der Waals surface area contributed by atoms with Crippen LogP contribution in [0.1, 0.15) is 44.9 Å². The van der Waals surface area contributed by atoms with Crippen LogP contribution in [-0.4, -0.2) is 49.3 Å². The van der Waals surface area contributed by atoms with Crippen LogP contribution in [0.15, 0.2) is 0 Å². The first-order valence-corrected chi connectivity index (χ1v) is 7.27. The van der Waals surface area contributed by atoms with Gasteiger partial charge in [-0.25, -0.2) is 0 Å². The number of hydrogen-bond acceptors (Lipinski definition) is 3. The number of ether oxygens (including phenoxy) is 1. The molecule has 3 nitrogen and oxygen atoms in total. The molecular weight excluding hydrogens is 212 g/mol. The number of rotatable bonds is 3. The lowest BCUT2D eigenvalue weighted by molar-refractivity contribution is 0.104. The number of methoxy groups -OCH3 is 1. The molecule has 2 saturated heterocycles. The van der Waals surface area contributed by atoms with Crippen molar-refractivity contribution in [2.24, 2.45) is 0 Å². The molecule has 3 heteroatoms. The zero-order valence-corrected chi connectivity index (χ0v) is 11.2. The Morgan fingerprint density at radius 1 is 0.941 bits per heavy atom. The van der Waals surface area contributed by atoms with E-state index in [-0.39, 0.29) is 0 Å². The summed E-state index contributed by atoms with van der Waals surface area (Å²) in [6.07, 6.45) is 9.85. The maximum Gasteiger partial charge on any atom is 0.0586 e. The lowest BCUT2D eigenvalue weighted by Gasteiger charge is -2.38. The number of piperidine rings is 1. The van der Waals surface area contributed by atoms with Gasteiger partial charge in [-0.3, -0.25) is 0 Å². The maximum atomic E-state index is 5.45. The van der Waals surface area contributed by atoms with Gasteiger partial charge in [-0.2, -0.15) is 0 Å². The molecule has 2 aliphatic heterocycles. The topological polar surface area (TPSA) is 24.5 Å². The van der Waals surface area contributed by atoms with Crippen LogP contribution in [0.5, 0.6) is 0 Å². The van der Waals surface area contributed by atoms with Crippen LogP contribution in [0.3, 0.4) is 0 Å². The molecule has 98 valence electrons. The fraction of sp³-hybridized carbons (Fsp3) is 1.00. The standard InChI is InChI=1S/C14H26N2O/c1-16-12-4-5-13(16)8-11(7-12)15-10-3-6-14(9-10)17-2/h10-15H,3-9H2,1-2H3. The first-order chi connectivity index (χ1) is 8.26. The molecule has 2 bridgehead atoms. The average Bonchev–Trinajstić information content (AvgIpc) is 2.83. The van der Waals surface area contributed by atoms with E-state index in [1.165, 1.54) is 44.9 Å². The summed E-state index contributed by atoms with van der Waals surface area (Å²) in [7, 11) is 4.16. The first-order valence-electron chi connectivity index (χ1n) is 7.27. The molecular formula is C14H26N2O. The molecule has 0 aromatic rings. The summed E-state index contributed by atoms with van der Waals surface area (Å²) in [5.41, 5.74) is 0. The van der Waals surface area contributed by atoms with Gasteiger partial charge in [0, 0.05) is 31.3 Å². The summed E-state index contributed by atoms with van der Waals surface area (Å²) < 4.78 is 5.45. The van der Waals surface area contributed by atoms with Crippen LogP contribution < -0.4 is 5.32 Å². The van der Waals surface area contributed by atoms with Gasteiger partial charge in [-0.1, -0.05) is 0 Å². The fourth-order valence-corrected chi connectivity index (χ4v) is 4.19. The lowest BCUT2D eigenvalue weighted by Crippen LogP contribution is -2.49. The van der Waals surface area contributed by atoms with Crippen molar-refractivity contribution in [2.45, 2.75) is 75.2 Å². The minimum absolute atomic E-state index is 0.510. The highest BCUT2D eigenvalue weighted by Gasteiger charge is 2.39. The summed E-state index contributed by atoms with van der Waals surface area (Å²) in [4.78, 5) is 2.62. The second-order valence-electron chi connectivity index (χ2n) is 6.25. The Labute approximate surface area is 105 Å². The van der Waals surface area contributed by atoms with Crippen molar-refractivity contribution in [3.8, 4) is 0 Å². The zero-order chi connectivity index (χ0) is 11.8. The third-order valence-electron chi connectivity index (χ3n) is 5.29. The number of nitrogens with one attached hydrogen (secondary N) is 1. The monoisotopic (exact) mass is 238 g/mol. The van der Waals surface area contributed by atoms with Gasteiger partial charge in [-0.15, -0.1) is 0 Å². The third kappa shape index (κ3) is 2.38. The van der Waals surface area contributed by atoms with Gasteiger partial charge in [0.15, 0.2) is 0 Å². The van der Waals surface area contributed by atoms with Crippen LogP contribution in [0.2, 0.25) is 0 Å². The van der Waals surface area contributed by atoms with E-state index in [1.807, 2.05) is 7.11 Å². The predicted molar refractivity (Wildman–Crippen MR) is 69.2 cm³/mol. The van der Waals surface area contributed by atoms with Crippen molar-refractivity contribution in [3.05, 3.63) is 0 Å². The molecule has 3 fully saturated rings. The van der Waals surface area contributed by atoms with Crippen molar-refractivity contribution in [2.75, 3.05) is 14.2 Å². The van der Waals surface area contributed by atoms with Crippen LogP contribution in [0.25, 0.3) is 0 Å². The largest absolute Gasteiger partial charge is 0.381 e. The van der Waals surface area contributed by atoms with E-state index in [2.05, 4.69) is 17.3 Å². The summed E-state index contributed by atoms with van der Waals surface area (Å²) in [6.45, 7) is 0. The van der Waals surface area contributed by atoms with E-state index >= 15 is 0 Å². The van der Waals surface area contributed by atoms with Gasteiger partial charge in [0.2, 0.25) is 0 Å². The van der Waals surface area contributed by atoms with Crippen molar-refractivity contribution in [1.82, 2.24) is 10.2 Å². The van der Waals surface area contributed by atoms with E-state index in [4.69, 9.17) is 4.74 Å². The van der Waals surface area contributed by atoms with Gasteiger partial charge in [0.1, 0.15) is 0 Å². The lowest BCUT2D eigenvalue weighted by atomic mass is 9.97.